The van der Waals surface area contributed by atoms with E-state index in [-0.39, 0.29) is 23.6 Å². The number of hydrogen-bond acceptors (Lipinski definition) is 7. The molecule has 0 radical (unpaired) electrons. The summed E-state index contributed by atoms with van der Waals surface area (Å²) in [5, 5.41) is 15.7. The largest absolute Gasteiger partial charge is 0.383 e. The number of amides is 1. The highest BCUT2D eigenvalue weighted by molar-refractivity contribution is 7.09. The Morgan fingerprint density at radius 1 is 1.53 bits per heavy atom. The molecule has 0 aliphatic carbocycles. The van der Waals surface area contributed by atoms with Crippen LogP contribution in [0.1, 0.15) is 15.4 Å². The van der Waals surface area contributed by atoms with Gasteiger partial charge in [0.05, 0.1) is 17.0 Å². The predicted octanol–water partition coefficient (Wildman–Crippen LogP) is 0.958. The molecule has 2 heterocycles. The number of aromatic nitrogens is 2. The lowest BCUT2D eigenvalue weighted by Gasteiger charge is -2.05. The van der Waals surface area contributed by atoms with Crippen molar-refractivity contribution in [3.8, 4) is 0 Å². The number of rotatable bonds is 4. The molecule has 0 fully saturated rings. The first-order chi connectivity index (χ1) is 9.08. The molecular formula is C10H9N5O3S. The quantitative estimate of drug-likeness (QED) is 0.634. The molecule has 0 atom stereocenters. The molecule has 0 bridgehead atoms. The summed E-state index contributed by atoms with van der Waals surface area (Å²) in [6, 6.07) is 1.10. The zero-order chi connectivity index (χ0) is 13.8. The van der Waals surface area contributed by atoms with Crippen molar-refractivity contribution >= 4 is 28.7 Å². The van der Waals surface area contributed by atoms with Gasteiger partial charge in [0.25, 0.3) is 11.6 Å². The van der Waals surface area contributed by atoms with Crippen molar-refractivity contribution in [3.05, 3.63) is 44.5 Å². The standard InChI is InChI=1S/C10H9N5O3S/c11-9-7(3-6(4-13-9)15(17)18)10(16)14-5-8-12-1-2-19-8/h1-4H,5H2,(H2,11,13)(H,14,16). The van der Waals surface area contributed by atoms with Gasteiger partial charge in [-0.2, -0.15) is 0 Å². The molecule has 0 aliphatic heterocycles. The molecule has 0 saturated heterocycles. The van der Waals surface area contributed by atoms with Crippen molar-refractivity contribution in [1.82, 2.24) is 15.3 Å². The van der Waals surface area contributed by atoms with Crippen molar-refractivity contribution in [2.75, 3.05) is 5.73 Å². The number of nitrogen functional groups attached to an aromatic ring is 1. The number of carbonyl (C=O) groups excluding carboxylic acids is 1. The van der Waals surface area contributed by atoms with Gasteiger partial charge >= 0.3 is 0 Å². The van der Waals surface area contributed by atoms with Gasteiger partial charge in [0.15, 0.2) is 0 Å². The Balaban J connectivity index is 2.14. The van der Waals surface area contributed by atoms with Crippen LogP contribution >= 0.6 is 11.3 Å². The van der Waals surface area contributed by atoms with E-state index in [1.807, 2.05) is 0 Å². The number of pyridine rings is 1. The van der Waals surface area contributed by atoms with Gasteiger partial charge in [-0.3, -0.25) is 14.9 Å². The average Bonchev–Trinajstić information content (AvgIpc) is 2.89. The van der Waals surface area contributed by atoms with Crippen LogP contribution in [0.25, 0.3) is 0 Å². The van der Waals surface area contributed by atoms with Crippen molar-refractivity contribution in [2.24, 2.45) is 0 Å². The number of nitrogens with two attached hydrogens (primary N) is 1. The van der Waals surface area contributed by atoms with Gasteiger partial charge in [-0.05, 0) is 0 Å². The molecule has 0 aliphatic rings. The number of thiazole rings is 1. The van der Waals surface area contributed by atoms with Crippen molar-refractivity contribution in [2.45, 2.75) is 6.54 Å². The Hall–Kier alpha value is -2.55. The Labute approximate surface area is 111 Å². The van der Waals surface area contributed by atoms with Crippen LogP contribution in [0.5, 0.6) is 0 Å². The molecule has 98 valence electrons. The SMILES string of the molecule is Nc1ncc([N+](=O)[O-])cc1C(=O)NCc1nccs1. The molecule has 0 aromatic carbocycles. The number of hydrogen-bond donors (Lipinski definition) is 2. The van der Waals surface area contributed by atoms with Crippen LogP contribution in [0, 0.1) is 10.1 Å². The van der Waals surface area contributed by atoms with E-state index in [9.17, 15) is 14.9 Å². The van der Waals surface area contributed by atoms with Crippen LogP contribution in [-0.4, -0.2) is 20.8 Å². The van der Waals surface area contributed by atoms with Gasteiger partial charge in [-0.15, -0.1) is 11.3 Å². The lowest BCUT2D eigenvalue weighted by Crippen LogP contribution is -2.24. The van der Waals surface area contributed by atoms with Gasteiger partial charge in [-0.1, -0.05) is 0 Å². The van der Waals surface area contributed by atoms with E-state index < -0.39 is 10.8 Å². The molecule has 2 aromatic rings. The third kappa shape index (κ3) is 3.01. The fraction of sp³-hybridized carbons (Fsp3) is 0.100. The Bertz CT molecular complexity index is 614. The fourth-order valence-electron chi connectivity index (χ4n) is 1.34. The first-order valence-electron chi connectivity index (χ1n) is 5.14. The van der Waals surface area contributed by atoms with E-state index in [1.165, 1.54) is 11.3 Å². The summed E-state index contributed by atoms with van der Waals surface area (Å²) in [6.45, 7) is 0.235. The minimum absolute atomic E-state index is 0.0224. The van der Waals surface area contributed by atoms with Gasteiger partial charge in [0, 0.05) is 17.6 Å². The second-order valence-corrected chi connectivity index (χ2v) is 4.47. The molecule has 0 saturated carbocycles. The van der Waals surface area contributed by atoms with Gasteiger partial charge < -0.3 is 11.1 Å². The molecule has 0 unspecified atom stereocenters. The third-order valence-corrected chi connectivity index (χ3v) is 3.02. The number of nitrogens with one attached hydrogen (secondary N) is 1. The summed E-state index contributed by atoms with van der Waals surface area (Å²) in [7, 11) is 0. The molecule has 2 aromatic heterocycles. The fourth-order valence-corrected chi connectivity index (χ4v) is 1.89. The van der Waals surface area contributed by atoms with Crippen LogP contribution in [0.15, 0.2) is 23.8 Å². The van der Waals surface area contributed by atoms with Gasteiger partial charge in [-0.25, -0.2) is 9.97 Å². The summed E-state index contributed by atoms with van der Waals surface area (Å²) in [5.41, 5.74) is 5.23. The highest BCUT2D eigenvalue weighted by Crippen LogP contribution is 2.16. The smallest absolute Gasteiger partial charge is 0.288 e. The van der Waals surface area contributed by atoms with E-state index in [0.717, 1.165) is 17.3 Å². The number of nitro groups is 1. The Kier molecular flexibility index (Phi) is 3.66. The molecule has 3 N–H and O–H groups in total. The molecule has 8 nitrogen and oxygen atoms in total. The zero-order valence-electron chi connectivity index (χ0n) is 9.57. The first-order valence-corrected chi connectivity index (χ1v) is 6.02. The van der Waals surface area contributed by atoms with E-state index >= 15 is 0 Å². The van der Waals surface area contributed by atoms with Crippen LogP contribution < -0.4 is 11.1 Å². The molecule has 1 amide bonds. The van der Waals surface area contributed by atoms with E-state index in [1.54, 1.807) is 11.6 Å². The van der Waals surface area contributed by atoms with Crippen LogP contribution in [0.4, 0.5) is 11.5 Å². The van der Waals surface area contributed by atoms with E-state index in [0.29, 0.717) is 0 Å². The lowest BCUT2D eigenvalue weighted by molar-refractivity contribution is -0.385. The summed E-state index contributed by atoms with van der Waals surface area (Å²) in [5.74, 6) is -0.578. The maximum atomic E-state index is 11.9. The van der Waals surface area contributed by atoms with Crippen LogP contribution in [-0.2, 0) is 6.54 Å². The summed E-state index contributed by atoms with van der Waals surface area (Å²) in [6.07, 6.45) is 2.63. The summed E-state index contributed by atoms with van der Waals surface area (Å²) < 4.78 is 0. The lowest BCUT2D eigenvalue weighted by atomic mass is 10.2. The first kappa shape index (κ1) is 12.9. The van der Waals surface area contributed by atoms with Crippen LogP contribution in [0.2, 0.25) is 0 Å². The minimum atomic E-state index is -0.635. The predicted molar refractivity (Wildman–Crippen MR) is 68.6 cm³/mol. The highest BCUT2D eigenvalue weighted by Gasteiger charge is 2.16. The Morgan fingerprint density at radius 3 is 2.95 bits per heavy atom. The molecule has 19 heavy (non-hydrogen) atoms. The third-order valence-electron chi connectivity index (χ3n) is 2.24. The average molecular weight is 279 g/mol. The summed E-state index contributed by atoms with van der Waals surface area (Å²) >= 11 is 1.39. The topological polar surface area (TPSA) is 124 Å². The Morgan fingerprint density at radius 2 is 2.32 bits per heavy atom. The number of anilines is 1. The maximum Gasteiger partial charge on any atom is 0.288 e. The maximum absolute atomic E-state index is 11.9. The second kappa shape index (κ2) is 5.40. The highest BCUT2D eigenvalue weighted by atomic mass is 32.1. The van der Waals surface area contributed by atoms with Gasteiger partial charge in [0.2, 0.25) is 0 Å². The van der Waals surface area contributed by atoms with Crippen molar-refractivity contribution < 1.29 is 9.72 Å². The van der Waals surface area contributed by atoms with Crippen LogP contribution in [0.3, 0.4) is 0 Å². The monoisotopic (exact) mass is 279 g/mol. The van der Waals surface area contributed by atoms with Crippen molar-refractivity contribution in [3.63, 3.8) is 0 Å². The molecule has 2 rings (SSSR count). The van der Waals surface area contributed by atoms with Crippen molar-refractivity contribution in [1.29, 1.82) is 0 Å². The molecule has 0 spiro atoms. The van der Waals surface area contributed by atoms with E-state index in [2.05, 4.69) is 15.3 Å². The zero-order valence-corrected chi connectivity index (χ0v) is 10.4. The minimum Gasteiger partial charge on any atom is -0.383 e. The molecular weight excluding hydrogens is 270 g/mol. The van der Waals surface area contributed by atoms with E-state index in [4.69, 9.17) is 5.73 Å². The number of nitrogens with zero attached hydrogens (tertiary/aromatic N) is 3. The number of carbonyl (C=O) groups is 1. The molecule has 9 heteroatoms. The second-order valence-electron chi connectivity index (χ2n) is 3.49. The normalized spacial score (nSPS) is 10.1. The summed E-state index contributed by atoms with van der Waals surface area (Å²) in [4.78, 5) is 29.5. The van der Waals surface area contributed by atoms with Gasteiger partial charge in [0.1, 0.15) is 17.0 Å².